The van der Waals surface area contributed by atoms with Crippen molar-refractivity contribution in [2.45, 2.75) is 32.2 Å². The highest BCUT2D eigenvalue weighted by Gasteiger charge is 2.28. The fraction of sp³-hybridized carbons (Fsp3) is 0.333. The van der Waals surface area contributed by atoms with E-state index in [2.05, 4.69) is 0 Å². The Morgan fingerprint density at radius 3 is 2.76 bits per heavy atom. The Labute approximate surface area is 170 Å². The normalized spacial score (nSPS) is 15.3. The van der Waals surface area contributed by atoms with Crippen molar-refractivity contribution in [3.05, 3.63) is 65.4 Å². The molecule has 1 fully saturated rings. The van der Waals surface area contributed by atoms with Gasteiger partial charge in [0.1, 0.15) is 13.2 Å². The van der Waals surface area contributed by atoms with Gasteiger partial charge in [0.05, 0.1) is 11.1 Å². The summed E-state index contributed by atoms with van der Waals surface area (Å²) in [5, 5.41) is 0.912. The average Bonchev–Trinajstić information content (AvgIpc) is 3.62. The third-order valence-corrected chi connectivity index (χ3v) is 5.64. The molecule has 1 aliphatic heterocycles. The van der Waals surface area contributed by atoms with E-state index in [1.165, 1.54) is 0 Å². The van der Waals surface area contributed by atoms with Gasteiger partial charge in [0.25, 0.3) is 5.91 Å². The number of fused-ring (bicyclic) bond motifs is 2. The molecule has 29 heavy (non-hydrogen) atoms. The minimum atomic E-state index is 0.0299. The van der Waals surface area contributed by atoms with Crippen molar-refractivity contribution in [2.24, 2.45) is 0 Å². The highest BCUT2D eigenvalue weighted by atomic mass is 16.6. The van der Waals surface area contributed by atoms with E-state index in [4.69, 9.17) is 14.5 Å². The van der Waals surface area contributed by atoms with Gasteiger partial charge in [0.2, 0.25) is 0 Å². The number of nitrogens with zero attached hydrogens (tertiary/aromatic N) is 2. The smallest absolute Gasteiger partial charge is 0.254 e. The first-order valence-electron chi connectivity index (χ1n) is 10.3. The second kappa shape index (κ2) is 7.39. The van der Waals surface area contributed by atoms with Gasteiger partial charge in [0.15, 0.2) is 11.5 Å². The molecule has 1 saturated carbocycles. The van der Waals surface area contributed by atoms with Crippen LogP contribution in [0.4, 0.5) is 0 Å². The summed E-state index contributed by atoms with van der Waals surface area (Å²) in [5.41, 5.74) is 3.64. The SMILES string of the molecule is CCN(Cc1cccc2c1OCCO2)C(=O)c1cc(C2CC2)nc2ccccc12. The maximum absolute atomic E-state index is 13.6. The first kappa shape index (κ1) is 18.0. The number of aromatic nitrogens is 1. The molecule has 1 aliphatic carbocycles. The summed E-state index contributed by atoms with van der Waals surface area (Å²) in [4.78, 5) is 20.3. The van der Waals surface area contributed by atoms with Gasteiger partial charge < -0.3 is 14.4 Å². The summed E-state index contributed by atoms with van der Waals surface area (Å²) < 4.78 is 11.5. The van der Waals surface area contributed by atoms with E-state index < -0.39 is 0 Å². The number of hydrogen-bond donors (Lipinski definition) is 0. The number of ether oxygens (including phenoxy) is 2. The van der Waals surface area contributed by atoms with E-state index >= 15 is 0 Å². The van der Waals surface area contributed by atoms with Crippen LogP contribution in [0.25, 0.3) is 10.9 Å². The summed E-state index contributed by atoms with van der Waals surface area (Å²) in [6.07, 6.45) is 2.31. The van der Waals surface area contributed by atoms with E-state index in [0.29, 0.717) is 32.2 Å². The minimum Gasteiger partial charge on any atom is -0.486 e. The standard InChI is InChI=1S/C24H24N2O3/c1-2-26(15-17-6-5-9-22-23(17)29-13-12-28-22)24(27)19-14-21(16-10-11-16)25-20-8-4-3-7-18(19)20/h3-9,14,16H,2,10-13,15H2,1H3. The topological polar surface area (TPSA) is 51.7 Å². The molecule has 1 aromatic heterocycles. The van der Waals surface area contributed by atoms with E-state index in [1.54, 1.807) is 0 Å². The summed E-state index contributed by atoms with van der Waals surface area (Å²) in [5.74, 6) is 2.03. The lowest BCUT2D eigenvalue weighted by Crippen LogP contribution is -2.31. The third kappa shape index (κ3) is 3.41. The molecule has 1 amide bonds. The Hall–Kier alpha value is -3.08. The summed E-state index contributed by atoms with van der Waals surface area (Å²) >= 11 is 0. The fourth-order valence-corrected chi connectivity index (χ4v) is 3.92. The Kier molecular flexibility index (Phi) is 4.58. The van der Waals surface area contributed by atoms with E-state index in [9.17, 15) is 4.79 Å². The van der Waals surface area contributed by atoms with Gasteiger partial charge in [-0.2, -0.15) is 0 Å². The highest BCUT2D eigenvalue weighted by molar-refractivity contribution is 6.06. The number of carbonyl (C=O) groups is 1. The molecule has 5 rings (SSSR count). The second-order valence-corrected chi connectivity index (χ2v) is 7.65. The summed E-state index contributed by atoms with van der Waals surface area (Å²) in [6.45, 7) is 4.19. The lowest BCUT2D eigenvalue weighted by atomic mass is 10.0. The first-order chi connectivity index (χ1) is 14.2. The second-order valence-electron chi connectivity index (χ2n) is 7.65. The molecular formula is C24H24N2O3. The van der Waals surface area contributed by atoms with Gasteiger partial charge in [-0.3, -0.25) is 9.78 Å². The van der Waals surface area contributed by atoms with Gasteiger partial charge in [-0.15, -0.1) is 0 Å². The van der Waals surface area contributed by atoms with Crippen LogP contribution in [0.1, 0.15) is 47.3 Å². The van der Waals surface area contributed by atoms with Crippen LogP contribution in [0.5, 0.6) is 11.5 Å². The number of rotatable bonds is 5. The molecule has 0 unspecified atom stereocenters. The fourth-order valence-electron chi connectivity index (χ4n) is 3.92. The maximum Gasteiger partial charge on any atom is 0.254 e. The zero-order valence-corrected chi connectivity index (χ0v) is 16.6. The van der Waals surface area contributed by atoms with Crippen LogP contribution in [0.3, 0.4) is 0 Å². The third-order valence-electron chi connectivity index (χ3n) is 5.64. The molecule has 0 spiro atoms. The zero-order valence-electron chi connectivity index (χ0n) is 16.6. The van der Waals surface area contributed by atoms with Crippen LogP contribution in [0.15, 0.2) is 48.5 Å². The van der Waals surface area contributed by atoms with Crippen molar-refractivity contribution >= 4 is 16.8 Å². The predicted molar refractivity (Wildman–Crippen MR) is 112 cm³/mol. The van der Waals surface area contributed by atoms with Gasteiger partial charge >= 0.3 is 0 Å². The van der Waals surface area contributed by atoms with Gasteiger partial charge in [-0.05, 0) is 38.0 Å². The largest absolute Gasteiger partial charge is 0.486 e. The first-order valence-corrected chi connectivity index (χ1v) is 10.3. The van der Waals surface area contributed by atoms with Gasteiger partial charge in [0, 0.05) is 35.7 Å². The molecule has 0 radical (unpaired) electrons. The lowest BCUT2D eigenvalue weighted by Gasteiger charge is -2.26. The summed E-state index contributed by atoms with van der Waals surface area (Å²) in [7, 11) is 0. The van der Waals surface area contributed by atoms with Crippen molar-refractivity contribution in [2.75, 3.05) is 19.8 Å². The number of amides is 1. The molecule has 3 aromatic rings. The molecule has 2 heterocycles. The Morgan fingerprint density at radius 1 is 1.10 bits per heavy atom. The maximum atomic E-state index is 13.6. The number of pyridine rings is 1. The number of carbonyl (C=O) groups excluding carboxylic acids is 1. The van der Waals surface area contributed by atoms with Crippen LogP contribution < -0.4 is 9.47 Å². The molecule has 5 heteroatoms. The average molecular weight is 388 g/mol. The predicted octanol–water partition coefficient (Wildman–Crippen LogP) is 4.55. The van der Waals surface area contributed by atoms with Crippen molar-refractivity contribution in [3.63, 3.8) is 0 Å². The molecule has 0 bridgehead atoms. The Morgan fingerprint density at radius 2 is 1.93 bits per heavy atom. The Balaban J connectivity index is 1.51. The lowest BCUT2D eigenvalue weighted by molar-refractivity contribution is 0.0751. The van der Waals surface area contributed by atoms with E-state index in [-0.39, 0.29) is 5.91 Å². The van der Waals surface area contributed by atoms with Crippen LogP contribution >= 0.6 is 0 Å². The number of benzene rings is 2. The molecule has 0 saturated heterocycles. The van der Waals surface area contributed by atoms with Gasteiger partial charge in [-0.25, -0.2) is 0 Å². The number of para-hydroxylation sites is 2. The van der Waals surface area contributed by atoms with Crippen molar-refractivity contribution in [1.29, 1.82) is 0 Å². The molecular weight excluding hydrogens is 364 g/mol. The van der Waals surface area contributed by atoms with E-state index in [0.717, 1.165) is 52.1 Å². The molecule has 2 aromatic carbocycles. The summed E-state index contributed by atoms with van der Waals surface area (Å²) in [6, 6.07) is 15.8. The van der Waals surface area contributed by atoms with Crippen molar-refractivity contribution in [3.8, 4) is 11.5 Å². The van der Waals surface area contributed by atoms with Gasteiger partial charge in [-0.1, -0.05) is 30.3 Å². The molecule has 5 nitrogen and oxygen atoms in total. The molecule has 2 aliphatic rings. The quantitative estimate of drug-likeness (QED) is 0.644. The monoisotopic (exact) mass is 388 g/mol. The highest BCUT2D eigenvalue weighted by Crippen LogP contribution is 2.40. The van der Waals surface area contributed by atoms with Crippen molar-refractivity contribution < 1.29 is 14.3 Å². The van der Waals surface area contributed by atoms with E-state index in [1.807, 2.05) is 60.4 Å². The minimum absolute atomic E-state index is 0.0299. The van der Waals surface area contributed by atoms with Crippen LogP contribution in [0.2, 0.25) is 0 Å². The zero-order chi connectivity index (χ0) is 19.8. The van der Waals surface area contributed by atoms with Crippen LogP contribution in [-0.2, 0) is 6.54 Å². The Bertz CT molecular complexity index is 1070. The van der Waals surface area contributed by atoms with Crippen LogP contribution in [0, 0.1) is 0 Å². The molecule has 0 N–H and O–H groups in total. The molecule has 148 valence electrons. The van der Waals surface area contributed by atoms with Crippen LogP contribution in [-0.4, -0.2) is 35.5 Å². The molecule has 0 atom stereocenters. The van der Waals surface area contributed by atoms with Crippen molar-refractivity contribution in [1.82, 2.24) is 9.88 Å². The number of hydrogen-bond acceptors (Lipinski definition) is 4.